The van der Waals surface area contributed by atoms with Gasteiger partial charge in [-0.05, 0) is 6.07 Å². The number of carbonyl (C=O) groups excluding carboxylic acids is 1. The highest BCUT2D eigenvalue weighted by Crippen LogP contribution is 2.07. The van der Waals surface area contributed by atoms with Gasteiger partial charge in [-0.25, -0.2) is 4.98 Å². The maximum Gasteiger partial charge on any atom is 0.287 e. The standard InChI is InChI=1S/C6H4N2O3.C2H6/c9-4-5-1-2-6(3-7-5)8(10)11;1-2/h1-4H;1-2H3. The minimum atomic E-state index is -0.568. The lowest BCUT2D eigenvalue weighted by atomic mass is 10.3. The molecule has 1 rings (SSSR count). The van der Waals surface area contributed by atoms with Crippen LogP contribution in [0.25, 0.3) is 0 Å². The first-order chi connectivity index (χ1) is 6.24. The van der Waals surface area contributed by atoms with Crippen LogP contribution in [0, 0.1) is 10.1 Å². The van der Waals surface area contributed by atoms with Crippen LogP contribution in [0.5, 0.6) is 0 Å². The summed E-state index contributed by atoms with van der Waals surface area (Å²) < 4.78 is 0. The second kappa shape index (κ2) is 5.82. The zero-order valence-electron chi connectivity index (χ0n) is 7.43. The van der Waals surface area contributed by atoms with E-state index in [2.05, 4.69) is 4.98 Å². The topological polar surface area (TPSA) is 73.1 Å². The summed E-state index contributed by atoms with van der Waals surface area (Å²) in [5.41, 5.74) is 0.0752. The smallest absolute Gasteiger partial charge is 0.287 e. The SMILES string of the molecule is CC.O=Cc1ccc([N+](=O)[O-])cn1. The monoisotopic (exact) mass is 182 g/mol. The van der Waals surface area contributed by atoms with Gasteiger partial charge in [-0.2, -0.15) is 0 Å². The van der Waals surface area contributed by atoms with Crippen LogP contribution in [0.4, 0.5) is 5.69 Å². The van der Waals surface area contributed by atoms with Crippen molar-refractivity contribution in [3.63, 3.8) is 0 Å². The van der Waals surface area contributed by atoms with E-state index in [1.54, 1.807) is 0 Å². The highest BCUT2D eigenvalue weighted by Gasteiger charge is 2.03. The molecule has 1 heterocycles. The Balaban J connectivity index is 0.000000671. The molecule has 0 saturated carbocycles. The van der Waals surface area contributed by atoms with E-state index in [0.29, 0.717) is 6.29 Å². The summed E-state index contributed by atoms with van der Waals surface area (Å²) in [6.45, 7) is 4.00. The second-order valence-corrected chi connectivity index (χ2v) is 1.82. The van der Waals surface area contributed by atoms with Gasteiger partial charge in [0.1, 0.15) is 11.9 Å². The van der Waals surface area contributed by atoms with Gasteiger partial charge >= 0.3 is 0 Å². The molecule has 0 aliphatic rings. The summed E-state index contributed by atoms with van der Waals surface area (Å²) in [6.07, 6.45) is 1.58. The van der Waals surface area contributed by atoms with Crippen LogP contribution in [0.3, 0.4) is 0 Å². The summed E-state index contributed by atoms with van der Waals surface area (Å²) in [5, 5.41) is 10.1. The fraction of sp³-hybridized carbons (Fsp3) is 0.250. The summed E-state index contributed by atoms with van der Waals surface area (Å²) in [5.74, 6) is 0. The molecule has 70 valence electrons. The van der Waals surface area contributed by atoms with E-state index in [1.807, 2.05) is 13.8 Å². The Morgan fingerprint density at radius 1 is 1.46 bits per heavy atom. The summed E-state index contributed by atoms with van der Waals surface area (Å²) >= 11 is 0. The lowest BCUT2D eigenvalue weighted by Crippen LogP contribution is -1.91. The summed E-state index contributed by atoms with van der Waals surface area (Å²) in [6, 6.07) is 2.53. The maximum absolute atomic E-state index is 10.1. The Morgan fingerprint density at radius 3 is 2.38 bits per heavy atom. The molecule has 0 spiro atoms. The van der Waals surface area contributed by atoms with Crippen LogP contribution in [0.1, 0.15) is 24.3 Å². The van der Waals surface area contributed by atoms with Crippen molar-refractivity contribution >= 4 is 12.0 Å². The third-order valence-electron chi connectivity index (χ3n) is 1.10. The van der Waals surface area contributed by atoms with E-state index in [-0.39, 0.29) is 11.4 Å². The molecule has 0 aliphatic carbocycles. The van der Waals surface area contributed by atoms with Crippen molar-refractivity contribution in [3.8, 4) is 0 Å². The average molecular weight is 182 g/mol. The molecular weight excluding hydrogens is 172 g/mol. The number of aldehydes is 1. The third kappa shape index (κ3) is 3.42. The number of aromatic nitrogens is 1. The molecule has 0 unspecified atom stereocenters. The van der Waals surface area contributed by atoms with Gasteiger partial charge in [0.15, 0.2) is 6.29 Å². The van der Waals surface area contributed by atoms with Crippen molar-refractivity contribution in [2.75, 3.05) is 0 Å². The van der Waals surface area contributed by atoms with Crippen molar-refractivity contribution in [2.45, 2.75) is 13.8 Å². The van der Waals surface area contributed by atoms with Gasteiger partial charge in [-0.3, -0.25) is 14.9 Å². The van der Waals surface area contributed by atoms with E-state index in [4.69, 9.17) is 0 Å². The molecule has 13 heavy (non-hydrogen) atoms. The zero-order chi connectivity index (χ0) is 10.3. The molecular formula is C8H10N2O3. The zero-order valence-corrected chi connectivity index (χ0v) is 7.43. The van der Waals surface area contributed by atoms with Crippen molar-refractivity contribution < 1.29 is 9.72 Å². The minimum Gasteiger partial charge on any atom is -0.296 e. The molecule has 5 nitrogen and oxygen atoms in total. The average Bonchev–Trinajstić information content (AvgIpc) is 2.21. The van der Waals surface area contributed by atoms with Gasteiger partial charge in [0.25, 0.3) is 5.69 Å². The molecule has 0 saturated heterocycles. The third-order valence-corrected chi connectivity index (χ3v) is 1.10. The van der Waals surface area contributed by atoms with Gasteiger partial charge in [0, 0.05) is 6.07 Å². The number of carbonyl (C=O) groups is 1. The number of nitrogens with zero attached hydrogens (tertiary/aromatic N) is 2. The summed E-state index contributed by atoms with van der Waals surface area (Å²) in [4.78, 5) is 23.1. The van der Waals surface area contributed by atoms with Gasteiger partial charge in [-0.15, -0.1) is 0 Å². The molecule has 0 N–H and O–H groups in total. The normalized spacial score (nSPS) is 8.15. The predicted molar refractivity (Wildman–Crippen MR) is 47.6 cm³/mol. The molecule has 0 aromatic carbocycles. The Morgan fingerprint density at radius 2 is 2.08 bits per heavy atom. The van der Waals surface area contributed by atoms with Crippen LogP contribution in [-0.4, -0.2) is 16.2 Å². The largest absolute Gasteiger partial charge is 0.296 e. The van der Waals surface area contributed by atoms with Crippen molar-refractivity contribution in [2.24, 2.45) is 0 Å². The lowest BCUT2D eigenvalue weighted by molar-refractivity contribution is -0.385. The first-order valence-electron chi connectivity index (χ1n) is 3.79. The number of rotatable bonds is 2. The number of hydrogen-bond acceptors (Lipinski definition) is 4. The fourth-order valence-electron chi connectivity index (χ4n) is 0.575. The van der Waals surface area contributed by atoms with Crippen LogP contribution in [-0.2, 0) is 0 Å². The molecule has 0 atom stereocenters. The minimum absolute atomic E-state index is 0.115. The van der Waals surface area contributed by atoms with E-state index in [0.717, 1.165) is 6.20 Å². The molecule has 0 amide bonds. The van der Waals surface area contributed by atoms with Gasteiger partial charge < -0.3 is 0 Å². The second-order valence-electron chi connectivity index (χ2n) is 1.82. The van der Waals surface area contributed by atoms with Gasteiger partial charge in [0.05, 0.1) is 4.92 Å². The van der Waals surface area contributed by atoms with E-state index >= 15 is 0 Å². The van der Waals surface area contributed by atoms with E-state index in [1.165, 1.54) is 12.1 Å². The first kappa shape index (κ1) is 11.2. The molecule has 0 bridgehead atoms. The van der Waals surface area contributed by atoms with Crippen LogP contribution in [0.15, 0.2) is 18.3 Å². The van der Waals surface area contributed by atoms with Gasteiger partial charge in [0.2, 0.25) is 0 Å². The number of nitro groups is 1. The molecule has 5 heteroatoms. The quantitative estimate of drug-likeness (QED) is 0.397. The van der Waals surface area contributed by atoms with Crippen molar-refractivity contribution in [1.82, 2.24) is 4.98 Å². The fourth-order valence-corrected chi connectivity index (χ4v) is 0.575. The van der Waals surface area contributed by atoms with Gasteiger partial charge in [-0.1, -0.05) is 13.8 Å². The molecule has 1 aromatic rings. The Labute approximate surface area is 75.6 Å². The van der Waals surface area contributed by atoms with Crippen molar-refractivity contribution in [3.05, 3.63) is 34.1 Å². The molecule has 0 fully saturated rings. The highest BCUT2D eigenvalue weighted by molar-refractivity contribution is 5.71. The van der Waals surface area contributed by atoms with Crippen molar-refractivity contribution in [1.29, 1.82) is 0 Å². The maximum atomic E-state index is 10.1. The lowest BCUT2D eigenvalue weighted by Gasteiger charge is -1.88. The Bertz CT molecular complexity index is 282. The van der Waals surface area contributed by atoms with E-state index < -0.39 is 4.92 Å². The number of pyridine rings is 1. The highest BCUT2D eigenvalue weighted by atomic mass is 16.6. The summed E-state index contributed by atoms with van der Waals surface area (Å²) in [7, 11) is 0. The molecule has 1 aromatic heterocycles. The first-order valence-corrected chi connectivity index (χ1v) is 3.79. The van der Waals surface area contributed by atoms with Crippen LogP contribution < -0.4 is 0 Å². The van der Waals surface area contributed by atoms with E-state index in [9.17, 15) is 14.9 Å². The predicted octanol–water partition coefficient (Wildman–Crippen LogP) is 1.83. The molecule has 0 aliphatic heterocycles. The number of hydrogen-bond donors (Lipinski definition) is 0. The Kier molecular flexibility index (Phi) is 5.02. The van der Waals surface area contributed by atoms with Crippen LogP contribution in [0.2, 0.25) is 0 Å². The molecule has 0 radical (unpaired) electrons. The Hall–Kier alpha value is -1.78. The van der Waals surface area contributed by atoms with Crippen LogP contribution >= 0.6 is 0 Å².